The molecule has 0 saturated heterocycles. The highest BCUT2D eigenvalue weighted by Crippen LogP contribution is 2.52. The lowest BCUT2D eigenvalue weighted by Crippen LogP contribution is -2.49. The average molecular weight is 447 g/mol. The lowest BCUT2D eigenvalue weighted by atomic mass is 10.1. The molecule has 0 fully saturated rings. The fourth-order valence-electron chi connectivity index (χ4n) is 3.61. The number of quaternary nitrogens is 1. The molecular formula is C24H49NO4P+. The molecule has 0 heterocycles. The standard InChI is InChI=1S/C24H48NO4P/c1-5-6-7-8-9-10-11-12-13-14-15-16-17-18-19-20-21-22-24(26,30(27,28)29)23-25(2,3)4/h10-11,19-20,26H,5-9,12-18,21-23H2,1-4H3,(H-,27,28,29)/p+1/b11-10-,20-19-. The van der Waals surface area contributed by atoms with Crippen molar-refractivity contribution in [1.82, 2.24) is 0 Å². The van der Waals surface area contributed by atoms with Gasteiger partial charge in [-0.15, -0.1) is 0 Å². The normalized spacial score (nSPS) is 15.3. The summed E-state index contributed by atoms with van der Waals surface area (Å²) in [6, 6.07) is 0. The van der Waals surface area contributed by atoms with E-state index in [1.807, 2.05) is 27.2 Å². The Hall–Kier alpha value is -0.450. The van der Waals surface area contributed by atoms with Crippen LogP contribution >= 0.6 is 7.60 Å². The van der Waals surface area contributed by atoms with Gasteiger partial charge in [-0.2, -0.15) is 0 Å². The van der Waals surface area contributed by atoms with Crippen LogP contribution in [0.4, 0.5) is 0 Å². The second-order valence-corrected chi connectivity index (χ2v) is 11.6. The van der Waals surface area contributed by atoms with Gasteiger partial charge in [0.15, 0.2) is 0 Å². The zero-order chi connectivity index (χ0) is 22.9. The minimum Gasteiger partial charge on any atom is -0.373 e. The lowest BCUT2D eigenvalue weighted by Gasteiger charge is -2.35. The van der Waals surface area contributed by atoms with Gasteiger partial charge < -0.3 is 19.4 Å². The lowest BCUT2D eigenvalue weighted by molar-refractivity contribution is -0.875. The Balaban J connectivity index is 3.78. The fourth-order valence-corrected chi connectivity index (χ4v) is 4.63. The van der Waals surface area contributed by atoms with Crippen molar-refractivity contribution in [3.05, 3.63) is 24.3 Å². The zero-order valence-corrected chi connectivity index (χ0v) is 21.0. The van der Waals surface area contributed by atoms with E-state index >= 15 is 0 Å². The van der Waals surface area contributed by atoms with Crippen LogP contribution in [0.15, 0.2) is 24.3 Å². The van der Waals surface area contributed by atoms with E-state index < -0.39 is 12.9 Å². The van der Waals surface area contributed by atoms with Crippen LogP contribution in [0.2, 0.25) is 0 Å². The molecule has 0 bridgehead atoms. The van der Waals surface area contributed by atoms with E-state index in [2.05, 4.69) is 25.2 Å². The highest BCUT2D eigenvalue weighted by atomic mass is 31.2. The zero-order valence-electron chi connectivity index (χ0n) is 20.1. The quantitative estimate of drug-likeness (QED) is 0.0962. The highest BCUT2D eigenvalue weighted by molar-refractivity contribution is 7.53. The molecule has 178 valence electrons. The Kier molecular flexibility index (Phi) is 16.0. The summed E-state index contributed by atoms with van der Waals surface area (Å²) in [5.41, 5.74) is 0. The second-order valence-electron chi connectivity index (χ2n) is 9.65. The maximum absolute atomic E-state index is 11.7. The van der Waals surface area contributed by atoms with Crippen molar-refractivity contribution in [2.45, 2.75) is 102 Å². The summed E-state index contributed by atoms with van der Waals surface area (Å²) in [7, 11) is 0.888. The molecule has 0 radical (unpaired) electrons. The first-order valence-electron chi connectivity index (χ1n) is 11.9. The number of hydrogen-bond donors (Lipinski definition) is 3. The maximum Gasteiger partial charge on any atom is 0.362 e. The van der Waals surface area contributed by atoms with Gasteiger partial charge in [-0.25, -0.2) is 0 Å². The van der Waals surface area contributed by atoms with Gasteiger partial charge in [0.1, 0.15) is 6.54 Å². The molecule has 0 aliphatic heterocycles. The predicted octanol–water partition coefficient (Wildman–Crippen LogP) is 6.15. The van der Waals surface area contributed by atoms with Crippen molar-refractivity contribution in [1.29, 1.82) is 0 Å². The van der Waals surface area contributed by atoms with Crippen molar-refractivity contribution in [3.63, 3.8) is 0 Å². The highest BCUT2D eigenvalue weighted by Gasteiger charge is 2.48. The van der Waals surface area contributed by atoms with E-state index in [1.165, 1.54) is 64.2 Å². The van der Waals surface area contributed by atoms with Crippen LogP contribution < -0.4 is 0 Å². The van der Waals surface area contributed by atoms with Gasteiger partial charge in [0, 0.05) is 0 Å². The summed E-state index contributed by atoms with van der Waals surface area (Å²) < 4.78 is 12.0. The third-order valence-corrected chi connectivity index (χ3v) is 6.73. The summed E-state index contributed by atoms with van der Waals surface area (Å²) >= 11 is 0. The van der Waals surface area contributed by atoms with Crippen LogP contribution in [-0.4, -0.2) is 52.4 Å². The minimum atomic E-state index is -4.57. The summed E-state index contributed by atoms with van der Waals surface area (Å²) in [6.45, 7) is 2.27. The fraction of sp³-hybridized carbons (Fsp3) is 0.833. The summed E-state index contributed by atoms with van der Waals surface area (Å²) in [4.78, 5) is 19.1. The predicted molar refractivity (Wildman–Crippen MR) is 128 cm³/mol. The molecule has 0 aliphatic rings. The van der Waals surface area contributed by atoms with Gasteiger partial charge in [0.05, 0.1) is 21.1 Å². The maximum atomic E-state index is 11.7. The van der Waals surface area contributed by atoms with Gasteiger partial charge in [-0.1, -0.05) is 69.8 Å². The number of nitrogens with zero attached hydrogens (tertiary/aromatic N) is 1. The molecule has 0 aromatic heterocycles. The summed E-state index contributed by atoms with van der Waals surface area (Å²) in [5.74, 6) is 0. The number of unbranched alkanes of at least 4 members (excludes halogenated alkanes) is 10. The number of hydrogen-bond acceptors (Lipinski definition) is 2. The average Bonchev–Trinajstić information content (AvgIpc) is 2.62. The van der Waals surface area contributed by atoms with E-state index in [0.717, 1.165) is 12.8 Å². The number of rotatable bonds is 19. The Labute approximate surface area is 186 Å². The second kappa shape index (κ2) is 16.2. The van der Waals surface area contributed by atoms with E-state index in [-0.39, 0.29) is 13.0 Å². The van der Waals surface area contributed by atoms with E-state index in [9.17, 15) is 19.5 Å². The molecule has 3 N–H and O–H groups in total. The van der Waals surface area contributed by atoms with E-state index in [1.54, 1.807) is 0 Å². The van der Waals surface area contributed by atoms with Crippen LogP contribution in [0.1, 0.15) is 96.8 Å². The molecule has 1 unspecified atom stereocenters. The molecule has 1 atom stereocenters. The van der Waals surface area contributed by atoms with Crippen LogP contribution in [0.5, 0.6) is 0 Å². The van der Waals surface area contributed by atoms with Crippen molar-refractivity contribution in [2.75, 3.05) is 27.7 Å². The minimum absolute atomic E-state index is 0.0269. The van der Waals surface area contributed by atoms with Gasteiger partial charge in [-0.05, 0) is 51.4 Å². The van der Waals surface area contributed by atoms with E-state index in [4.69, 9.17) is 0 Å². The molecular weight excluding hydrogens is 397 g/mol. The molecule has 5 nitrogen and oxygen atoms in total. The van der Waals surface area contributed by atoms with Gasteiger partial charge in [0.25, 0.3) is 0 Å². The smallest absolute Gasteiger partial charge is 0.362 e. The van der Waals surface area contributed by atoms with Crippen molar-refractivity contribution in [2.24, 2.45) is 0 Å². The Bertz CT molecular complexity index is 522. The van der Waals surface area contributed by atoms with Crippen LogP contribution in [0.25, 0.3) is 0 Å². The Morgan fingerprint density at radius 1 is 0.733 bits per heavy atom. The third kappa shape index (κ3) is 16.3. The van der Waals surface area contributed by atoms with Crippen LogP contribution in [0.3, 0.4) is 0 Å². The molecule has 30 heavy (non-hydrogen) atoms. The van der Waals surface area contributed by atoms with Crippen LogP contribution in [-0.2, 0) is 4.57 Å². The Morgan fingerprint density at radius 3 is 1.53 bits per heavy atom. The summed E-state index contributed by atoms with van der Waals surface area (Å²) in [6.07, 6.45) is 24.2. The first-order chi connectivity index (χ1) is 14.0. The monoisotopic (exact) mass is 446 g/mol. The SMILES string of the molecule is CCCCCC/C=C\CCCCCCC/C=C\CCC(O)(C[N+](C)(C)C)P(=O)(O)O. The topological polar surface area (TPSA) is 77.8 Å². The van der Waals surface area contributed by atoms with Crippen LogP contribution in [0, 0.1) is 0 Å². The Morgan fingerprint density at radius 2 is 1.13 bits per heavy atom. The van der Waals surface area contributed by atoms with Gasteiger partial charge in [0.2, 0.25) is 5.34 Å². The molecule has 0 spiro atoms. The number of aliphatic hydroxyl groups is 1. The molecule has 0 amide bonds. The largest absolute Gasteiger partial charge is 0.373 e. The number of allylic oxidation sites excluding steroid dienone is 4. The first-order valence-corrected chi connectivity index (χ1v) is 13.5. The third-order valence-electron chi connectivity index (χ3n) is 5.28. The molecule has 0 rings (SSSR count). The summed E-state index contributed by atoms with van der Waals surface area (Å²) in [5, 5.41) is 8.53. The van der Waals surface area contributed by atoms with Crippen molar-refractivity contribution < 1.29 is 23.9 Å². The van der Waals surface area contributed by atoms with Gasteiger partial charge in [-0.3, -0.25) is 4.57 Å². The van der Waals surface area contributed by atoms with E-state index in [0.29, 0.717) is 10.9 Å². The molecule has 6 heteroatoms. The molecule has 0 saturated carbocycles. The molecule has 0 aliphatic carbocycles. The van der Waals surface area contributed by atoms with Crippen molar-refractivity contribution >= 4 is 7.60 Å². The molecule has 0 aromatic carbocycles. The first kappa shape index (κ1) is 29.5. The molecule has 0 aromatic rings. The van der Waals surface area contributed by atoms with Gasteiger partial charge >= 0.3 is 7.60 Å². The van der Waals surface area contributed by atoms with Crippen molar-refractivity contribution in [3.8, 4) is 0 Å². The number of likely N-dealkylation sites (N-methyl/N-ethyl adjacent to an activating group) is 1.